The Bertz CT molecular complexity index is 818. The zero-order valence-corrected chi connectivity index (χ0v) is 16.2. The average Bonchev–Trinajstić information content (AvgIpc) is 2.64. The van der Waals surface area contributed by atoms with Gasteiger partial charge in [0.1, 0.15) is 23.5 Å². The van der Waals surface area contributed by atoms with Gasteiger partial charge in [-0.3, -0.25) is 0 Å². The Hall–Kier alpha value is -2.91. The molecule has 0 aromatic heterocycles. The fourth-order valence-corrected chi connectivity index (χ4v) is 2.57. The van der Waals surface area contributed by atoms with E-state index in [1.165, 1.54) is 0 Å². The van der Waals surface area contributed by atoms with E-state index in [0.29, 0.717) is 24.3 Å². The topological polar surface area (TPSA) is 65.0 Å². The highest BCUT2D eigenvalue weighted by Crippen LogP contribution is 2.29. The van der Waals surface area contributed by atoms with E-state index in [9.17, 15) is 9.59 Å². The smallest absolute Gasteiger partial charge is 0.342 e. The number of hydrogen-bond acceptors (Lipinski definition) is 5. The molecule has 0 bridgehead atoms. The molecule has 0 radical (unpaired) electrons. The number of benzene rings is 2. The molecule has 0 saturated carbocycles. The predicted octanol–water partition coefficient (Wildman–Crippen LogP) is 5.01. The van der Waals surface area contributed by atoms with Crippen LogP contribution in [0.4, 0.5) is 0 Å². The summed E-state index contributed by atoms with van der Waals surface area (Å²) in [5.41, 5.74) is 1.43. The molecule has 2 aromatic rings. The molecule has 0 saturated heterocycles. The Morgan fingerprint density at radius 2 is 1.85 bits per heavy atom. The van der Waals surface area contributed by atoms with E-state index < -0.39 is 11.6 Å². The lowest BCUT2D eigenvalue weighted by atomic mass is 10.0. The van der Waals surface area contributed by atoms with E-state index in [1.807, 2.05) is 64.1 Å². The maximum atomic E-state index is 12.7. The van der Waals surface area contributed by atoms with Gasteiger partial charge in [0.05, 0.1) is 6.04 Å². The van der Waals surface area contributed by atoms with Gasteiger partial charge in [-0.05, 0) is 50.5 Å². The molecule has 0 fully saturated rings. The number of carbonyl (C=O) groups excluding carboxylic acids is 2. The fourth-order valence-electron chi connectivity index (χ4n) is 2.57. The van der Waals surface area contributed by atoms with Gasteiger partial charge >= 0.3 is 5.97 Å². The summed E-state index contributed by atoms with van der Waals surface area (Å²) in [5, 5.41) is 0. The first-order valence-electron chi connectivity index (χ1n) is 8.95. The highest BCUT2D eigenvalue weighted by Gasteiger charge is 2.23. The van der Waals surface area contributed by atoms with Crippen LogP contribution in [0.15, 0.2) is 53.5 Å². The molecule has 0 aliphatic carbocycles. The second-order valence-electron chi connectivity index (χ2n) is 7.18. The van der Waals surface area contributed by atoms with Crippen molar-refractivity contribution in [3.63, 3.8) is 0 Å². The Morgan fingerprint density at radius 1 is 1.15 bits per heavy atom. The van der Waals surface area contributed by atoms with Crippen LogP contribution in [0.3, 0.4) is 0 Å². The highest BCUT2D eigenvalue weighted by molar-refractivity contribution is 5.93. The predicted molar refractivity (Wildman–Crippen MR) is 104 cm³/mol. The maximum Gasteiger partial charge on any atom is 0.342 e. The lowest BCUT2D eigenvalue weighted by Crippen LogP contribution is -2.24. The van der Waals surface area contributed by atoms with E-state index >= 15 is 0 Å². The van der Waals surface area contributed by atoms with Crippen molar-refractivity contribution in [1.82, 2.24) is 0 Å². The summed E-state index contributed by atoms with van der Waals surface area (Å²) in [4.78, 5) is 27.2. The van der Waals surface area contributed by atoms with Crippen LogP contribution in [0.2, 0.25) is 0 Å². The second kappa shape index (κ2) is 9.15. The van der Waals surface area contributed by atoms with Crippen molar-refractivity contribution in [3.05, 3.63) is 65.2 Å². The Kier molecular flexibility index (Phi) is 6.91. The van der Waals surface area contributed by atoms with E-state index in [0.717, 1.165) is 11.1 Å². The summed E-state index contributed by atoms with van der Waals surface area (Å²) < 4.78 is 11.4. The Morgan fingerprint density at radius 3 is 2.44 bits per heavy atom. The molecule has 5 heteroatoms. The quantitative estimate of drug-likeness (QED) is 0.392. The average molecular weight is 367 g/mol. The molecule has 2 rings (SSSR count). The van der Waals surface area contributed by atoms with E-state index in [4.69, 9.17) is 9.47 Å². The van der Waals surface area contributed by atoms with Crippen LogP contribution in [0, 0.1) is 0 Å². The van der Waals surface area contributed by atoms with Crippen LogP contribution in [0.5, 0.6) is 5.75 Å². The van der Waals surface area contributed by atoms with Crippen molar-refractivity contribution >= 4 is 12.0 Å². The number of nitrogens with zero attached hydrogens (tertiary/aromatic N) is 1. The van der Waals surface area contributed by atoms with E-state index in [1.54, 1.807) is 18.2 Å². The summed E-state index contributed by atoms with van der Waals surface area (Å²) in [6.45, 7) is 7.68. The minimum absolute atomic E-state index is 0.318. The first-order valence-corrected chi connectivity index (χ1v) is 8.95. The Labute approximate surface area is 160 Å². The third-order valence-corrected chi connectivity index (χ3v) is 3.84. The van der Waals surface area contributed by atoms with Crippen molar-refractivity contribution in [1.29, 1.82) is 0 Å². The van der Waals surface area contributed by atoms with Gasteiger partial charge < -0.3 is 9.47 Å². The van der Waals surface area contributed by atoms with Crippen molar-refractivity contribution in [2.75, 3.05) is 0 Å². The molecule has 0 aliphatic heterocycles. The zero-order chi connectivity index (χ0) is 19.9. The third-order valence-electron chi connectivity index (χ3n) is 3.84. The van der Waals surface area contributed by atoms with Crippen LogP contribution >= 0.6 is 0 Å². The molecule has 0 N–H and O–H groups in total. The van der Waals surface area contributed by atoms with Gasteiger partial charge in [-0.1, -0.05) is 43.3 Å². The number of rotatable bonds is 7. The van der Waals surface area contributed by atoms with Crippen LogP contribution < -0.4 is 4.74 Å². The van der Waals surface area contributed by atoms with Crippen LogP contribution in [-0.2, 0) is 16.1 Å². The molecule has 0 spiro atoms. The lowest BCUT2D eigenvalue weighted by molar-refractivity contribution is 0.00653. The number of isocyanates is 1. The molecular formula is C22H25NO4. The maximum absolute atomic E-state index is 12.7. The molecular weight excluding hydrogens is 342 g/mol. The first kappa shape index (κ1) is 20.4. The number of carbonyl (C=O) groups is 1. The summed E-state index contributed by atoms with van der Waals surface area (Å²) in [5.74, 6) is -0.0425. The normalized spacial score (nSPS) is 12.0. The van der Waals surface area contributed by atoms with Gasteiger partial charge in [0.25, 0.3) is 0 Å². The van der Waals surface area contributed by atoms with Crippen molar-refractivity contribution < 1.29 is 19.1 Å². The van der Waals surface area contributed by atoms with Gasteiger partial charge in [-0.2, -0.15) is 4.99 Å². The molecule has 142 valence electrons. The highest BCUT2D eigenvalue weighted by atomic mass is 16.6. The zero-order valence-electron chi connectivity index (χ0n) is 16.2. The van der Waals surface area contributed by atoms with Crippen LogP contribution in [0.1, 0.15) is 61.6 Å². The van der Waals surface area contributed by atoms with Gasteiger partial charge in [0, 0.05) is 0 Å². The van der Waals surface area contributed by atoms with Crippen molar-refractivity contribution in [2.24, 2.45) is 4.99 Å². The molecule has 27 heavy (non-hydrogen) atoms. The minimum atomic E-state index is -0.630. The summed E-state index contributed by atoms with van der Waals surface area (Å²) in [6.07, 6.45) is 2.21. The molecule has 1 atom stereocenters. The third kappa shape index (κ3) is 6.08. The standard InChI is InChI=1S/C22H25NO4/c1-5-19(23-15-24)17-11-12-20(26-14-16-9-7-6-8-10-16)18(13-17)21(25)27-22(2,3)4/h6-13,19H,5,14H2,1-4H3. The Balaban J connectivity index is 2.35. The van der Waals surface area contributed by atoms with Gasteiger partial charge in [0.15, 0.2) is 0 Å². The lowest BCUT2D eigenvalue weighted by Gasteiger charge is -2.21. The molecule has 0 aliphatic rings. The first-order chi connectivity index (χ1) is 12.8. The van der Waals surface area contributed by atoms with Crippen LogP contribution in [0.25, 0.3) is 0 Å². The second-order valence-corrected chi connectivity index (χ2v) is 7.18. The SMILES string of the molecule is CCC(N=C=O)c1ccc(OCc2ccccc2)c(C(=O)OC(C)(C)C)c1. The summed E-state index contributed by atoms with van der Waals surface area (Å²) >= 11 is 0. The monoisotopic (exact) mass is 367 g/mol. The van der Waals surface area contributed by atoms with Crippen molar-refractivity contribution in [3.8, 4) is 5.75 Å². The molecule has 0 amide bonds. The number of ether oxygens (including phenoxy) is 2. The molecule has 5 nitrogen and oxygen atoms in total. The number of hydrogen-bond donors (Lipinski definition) is 0. The molecule has 2 aromatic carbocycles. The summed E-state index contributed by atoms with van der Waals surface area (Å²) in [6, 6.07) is 14.6. The summed E-state index contributed by atoms with van der Waals surface area (Å²) in [7, 11) is 0. The van der Waals surface area contributed by atoms with Gasteiger partial charge in [-0.25, -0.2) is 9.59 Å². The van der Waals surface area contributed by atoms with E-state index in [2.05, 4.69) is 4.99 Å². The molecule has 0 heterocycles. The van der Waals surface area contributed by atoms with E-state index in [-0.39, 0.29) is 6.04 Å². The number of esters is 1. The van der Waals surface area contributed by atoms with Crippen molar-refractivity contribution in [2.45, 2.75) is 52.4 Å². The van der Waals surface area contributed by atoms with Gasteiger partial charge in [-0.15, -0.1) is 0 Å². The van der Waals surface area contributed by atoms with Gasteiger partial charge in [0.2, 0.25) is 6.08 Å². The molecule has 1 unspecified atom stereocenters. The van der Waals surface area contributed by atoms with Crippen LogP contribution in [-0.4, -0.2) is 17.7 Å². The fraction of sp³-hybridized carbons (Fsp3) is 0.364. The largest absolute Gasteiger partial charge is 0.488 e. The minimum Gasteiger partial charge on any atom is -0.488 e. The number of aliphatic imine (C=N–C) groups is 1.